The van der Waals surface area contributed by atoms with Crippen LogP contribution in [0.25, 0.3) is 21.5 Å². The number of benzene rings is 3. The van der Waals surface area contributed by atoms with E-state index in [9.17, 15) is 9.59 Å². The fourth-order valence-electron chi connectivity index (χ4n) is 4.41. The molecule has 0 aromatic heterocycles. The molecule has 0 atom stereocenters. The van der Waals surface area contributed by atoms with Crippen molar-refractivity contribution < 1.29 is 9.59 Å². The molecule has 0 heterocycles. The zero-order chi connectivity index (χ0) is 23.1. The van der Waals surface area contributed by atoms with Crippen LogP contribution >= 0.6 is 0 Å². The smallest absolute Gasteiger partial charge is 0.164 e. The van der Waals surface area contributed by atoms with Gasteiger partial charge in [0.1, 0.15) is 0 Å². The van der Waals surface area contributed by atoms with Gasteiger partial charge < -0.3 is 9.80 Å². The van der Waals surface area contributed by atoms with Crippen LogP contribution in [0.5, 0.6) is 0 Å². The maximum absolute atomic E-state index is 13.1. The molecule has 0 radical (unpaired) electrons. The summed E-state index contributed by atoms with van der Waals surface area (Å²) in [5.74, 6) is 0.319. The van der Waals surface area contributed by atoms with Crippen molar-refractivity contribution in [3.8, 4) is 0 Å². The number of fused-ring (bicyclic) bond motifs is 2. The van der Waals surface area contributed by atoms with E-state index in [1.54, 1.807) is 0 Å². The van der Waals surface area contributed by atoms with Crippen LogP contribution in [0.4, 0.5) is 0 Å². The third-order valence-electron chi connectivity index (χ3n) is 6.58. The van der Waals surface area contributed by atoms with E-state index in [1.807, 2.05) is 36.4 Å². The monoisotopic (exact) mass is 432 g/mol. The lowest BCUT2D eigenvalue weighted by Crippen LogP contribution is -2.25. The molecule has 0 saturated carbocycles. The molecule has 0 amide bonds. The second-order valence-electron chi connectivity index (χ2n) is 8.31. The van der Waals surface area contributed by atoms with Gasteiger partial charge in [0.25, 0.3) is 0 Å². The fourth-order valence-corrected chi connectivity index (χ4v) is 4.41. The topological polar surface area (TPSA) is 40.6 Å². The van der Waals surface area contributed by atoms with Crippen molar-refractivity contribution in [2.45, 2.75) is 40.5 Å². The Hall–Kier alpha value is -2.56. The Morgan fingerprint density at radius 2 is 1.03 bits per heavy atom. The summed E-state index contributed by atoms with van der Waals surface area (Å²) in [6.45, 7) is 13.8. The molecule has 0 saturated heterocycles. The Kier molecular flexibility index (Phi) is 8.54. The molecule has 3 aromatic rings. The average molecular weight is 433 g/mol. The van der Waals surface area contributed by atoms with Gasteiger partial charge in [0.2, 0.25) is 0 Å². The first kappa shape index (κ1) is 24.1. The first-order valence-electron chi connectivity index (χ1n) is 12.0. The average Bonchev–Trinajstić information content (AvgIpc) is 2.82. The third kappa shape index (κ3) is 5.43. The predicted octanol–water partition coefficient (Wildman–Crippen LogP) is 5.82. The van der Waals surface area contributed by atoms with Gasteiger partial charge >= 0.3 is 0 Å². The molecule has 0 aliphatic rings. The maximum atomic E-state index is 13.1. The minimum atomic E-state index is 0.159. The van der Waals surface area contributed by atoms with Crippen molar-refractivity contribution in [1.29, 1.82) is 0 Å². The van der Waals surface area contributed by atoms with E-state index in [0.717, 1.165) is 71.9 Å². The van der Waals surface area contributed by atoms with Crippen LogP contribution < -0.4 is 0 Å². The highest BCUT2D eigenvalue weighted by Crippen LogP contribution is 2.29. The van der Waals surface area contributed by atoms with Crippen LogP contribution in [0.2, 0.25) is 0 Å². The number of ketones is 2. The molecule has 0 fully saturated rings. The van der Waals surface area contributed by atoms with Gasteiger partial charge in [-0.25, -0.2) is 0 Å². The standard InChI is InChI=1S/C28H36N2O2/c1-5-29(6-2)17-15-27(31)23-13-9-11-21-19-22-12-10-14-24(26(22)20-25(21)23)28(32)16-18-30(7-3)8-4/h9-14,19-20H,5-8,15-18H2,1-4H3. The molecule has 3 aromatic carbocycles. The normalized spacial score (nSPS) is 11.7. The van der Waals surface area contributed by atoms with Crippen LogP contribution in [-0.2, 0) is 0 Å². The lowest BCUT2D eigenvalue weighted by Gasteiger charge is -2.18. The Morgan fingerprint density at radius 3 is 1.41 bits per heavy atom. The second kappa shape index (κ2) is 11.3. The van der Waals surface area contributed by atoms with Crippen molar-refractivity contribution in [2.24, 2.45) is 0 Å². The lowest BCUT2D eigenvalue weighted by atomic mass is 9.93. The van der Waals surface area contributed by atoms with Gasteiger partial charge in [0.05, 0.1) is 0 Å². The van der Waals surface area contributed by atoms with Crippen molar-refractivity contribution in [3.05, 3.63) is 59.7 Å². The quantitative estimate of drug-likeness (QED) is 0.267. The van der Waals surface area contributed by atoms with Gasteiger partial charge in [0, 0.05) is 37.1 Å². The summed E-state index contributed by atoms with van der Waals surface area (Å²) < 4.78 is 0. The molecule has 0 aliphatic heterocycles. The van der Waals surface area contributed by atoms with E-state index in [-0.39, 0.29) is 11.6 Å². The molecular formula is C28H36N2O2. The second-order valence-corrected chi connectivity index (χ2v) is 8.31. The summed E-state index contributed by atoms with van der Waals surface area (Å²) in [5.41, 5.74) is 1.50. The van der Waals surface area contributed by atoms with Crippen molar-refractivity contribution in [3.63, 3.8) is 0 Å². The number of Topliss-reactive ketones (excluding diaryl/α,β-unsaturated/α-hetero) is 2. The van der Waals surface area contributed by atoms with Crippen LogP contribution in [0, 0.1) is 0 Å². The van der Waals surface area contributed by atoms with E-state index >= 15 is 0 Å². The molecular weight excluding hydrogens is 396 g/mol. The van der Waals surface area contributed by atoms with Crippen LogP contribution in [-0.4, -0.2) is 60.6 Å². The van der Waals surface area contributed by atoms with Gasteiger partial charge in [-0.05, 0) is 59.9 Å². The summed E-state index contributed by atoms with van der Waals surface area (Å²) in [6.07, 6.45) is 1.01. The molecule has 0 aliphatic carbocycles. The van der Waals surface area contributed by atoms with E-state index in [1.165, 1.54) is 0 Å². The van der Waals surface area contributed by atoms with E-state index in [4.69, 9.17) is 0 Å². The highest BCUT2D eigenvalue weighted by Gasteiger charge is 2.15. The van der Waals surface area contributed by atoms with Gasteiger partial charge in [-0.2, -0.15) is 0 Å². The van der Waals surface area contributed by atoms with E-state index < -0.39 is 0 Å². The van der Waals surface area contributed by atoms with Gasteiger partial charge in [0.15, 0.2) is 11.6 Å². The minimum Gasteiger partial charge on any atom is -0.303 e. The van der Waals surface area contributed by atoms with Gasteiger partial charge in [-0.1, -0.05) is 64.1 Å². The zero-order valence-electron chi connectivity index (χ0n) is 20.0. The number of carbonyl (C=O) groups excluding carboxylic acids is 2. The summed E-state index contributed by atoms with van der Waals surface area (Å²) in [4.78, 5) is 30.7. The van der Waals surface area contributed by atoms with E-state index in [2.05, 4.69) is 49.6 Å². The number of rotatable bonds is 12. The van der Waals surface area contributed by atoms with Gasteiger partial charge in [-0.3, -0.25) is 9.59 Å². The highest BCUT2D eigenvalue weighted by atomic mass is 16.1. The lowest BCUT2D eigenvalue weighted by molar-refractivity contribution is 0.0960. The number of carbonyl (C=O) groups is 2. The Bertz CT molecular complexity index is 998. The third-order valence-corrected chi connectivity index (χ3v) is 6.58. The number of hydrogen-bond donors (Lipinski definition) is 0. The highest BCUT2D eigenvalue weighted by molar-refractivity contribution is 6.15. The molecule has 32 heavy (non-hydrogen) atoms. The van der Waals surface area contributed by atoms with Crippen molar-refractivity contribution in [1.82, 2.24) is 9.80 Å². The molecule has 4 nitrogen and oxygen atoms in total. The molecule has 170 valence electrons. The number of nitrogens with zero attached hydrogens (tertiary/aromatic N) is 2. The summed E-state index contributed by atoms with van der Waals surface area (Å²) in [6, 6.07) is 16.0. The Morgan fingerprint density at radius 1 is 0.625 bits per heavy atom. The van der Waals surface area contributed by atoms with Crippen molar-refractivity contribution >= 4 is 33.1 Å². The Labute approximate surface area is 192 Å². The summed E-state index contributed by atoms with van der Waals surface area (Å²) in [5, 5.41) is 3.96. The van der Waals surface area contributed by atoms with Crippen molar-refractivity contribution in [2.75, 3.05) is 39.3 Å². The Balaban J connectivity index is 1.96. The zero-order valence-corrected chi connectivity index (χ0v) is 20.0. The van der Waals surface area contributed by atoms with Crippen LogP contribution in [0.3, 0.4) is 0 Å². The van der Waals surface area contributed by atoms with Gasteiger partial charge in [-0.15, -0.1) is 0 Å². The molecule has 0 bridgehead atoms. The molecule has 4 heteroatoms. The van der Waals surface area contributed by atoms with Crippen LogP contribution in [0.1, 0.15) is 61.3 Å². The van der Waals surface area contributed by atoms with Crippen LogP contribution in [0.15, 0.2) is 48.5 Å². The molecule has 0 spiro atoms. The summed E-state index contributed by atoms with van der Waals surface area (Å²) in [7, 11) is 0. The first-order chi connectivity index (χ1) is 15.5. The SMILES string of the molecule is CCN(CC)CCC(=O)c1cccc2cc3cccc(C(=O)CCN(CC)CC)c3cc12. The minimum absolute atomic E-state index is 0.159. The summed E-state index contributed by atoms with van der Waals surface area (Å²) >= 11 is 0. The molecule has 0 unspecified atom stereocenters. The first-order valence-corrected chi connectivity index (χ1v) is 12.0. The van der Waals surface area contributed by atoms with E-state index in [0.29, 0.717) is 12.8 Å². The maximum Gasteiger partial charge on any atom is 0.164 e. The molecule has 0 N–H and O–H groups in total. The predicted molar refractivity (Wildman–Crippen MR) is 135 cm³/mol. The largest absolute Gasteiger partial charge is 0.303 e. The fraction of sp³-hybridized carbons (Fsp3) is 0.429. The number of hydrogen-bond acceptors (Lipinski definition) is 4. The molecule has 3 rings (SSSR count).